The molecule has 1 amide bonds. The third-order valence-electron chi connectivity index (χ3n) is 3.41. The lowest BCUT2D eigenvalue weighted by molar-refractivity contribution is 0.0955. The number of aryl methyl sites for hydroxylation is 1. The summed E-state index contributed by atoms with van der Waals surface area (Å²) in [7, 11) is -0.374. The molecular weight excluding hydrogens is 316 g/mol. The Hall–Kier alpha value is -1.09. The van der Waals surface area contributed by atoms with Gasteiger partial charge in [0.15, 0.2) is 0 Å². The Morgan fingerprint density at radius 3 is 2.71 bits per heavy atom. The predicted octanol–water partition coefficient (Wildman–Crippen LogP) is -0.211. The van der Waals surface area contributed by atoms with Crippen molar-refractivity contribution >= 4 is 28.3 Å². The fourth-order valence-electron chi connectivity index (χ4n) is 2.29. The van der Waals surface area contributed by atoms with Crippen LogP contribution in [0.2, 0.25) is 0 Å². The van der Waals surface area contributed by atoms with E-state index in [1.165, 1.54) is 28.2 Å². The number of rotatable bonds is 3. The number of nitrogens with zero attached hydrogens (tertiary/aromatic N) is 2. The first kappa shape index (κ1) is 18.0. The van der Waals surface area contributed by atoms with Gasteiger partial charge in [-0.1, -0.05) is 0 Å². The van der Waals surface area contributed by atoms with Gasteiger partial charge in [-0.2, -0.15) is 4.31 Å². The van der Waals surface area contributed by atoms with Crippen LogP contribution in [-0.4, -0.2) is 55.9 Å². The van der Waals surface area contributed by atoms with Crippen molar-refractivity contribution in [1.29, 1.82) is 0 Å². The van der Waals surface area contributed by atoms with Crippen molar-refractivity contribution in [3.05, 3.63) is 18.0 Å². The average Bonchev–Trinajstić information content (AvgIpc) is 2.80. The molecule has 0 unspecified atom stereocenters. The molecule has 2 heterocycles. The second-order valence-electron chi connectivity index (χ2n) is 4.97. The number of carbonyl (C=O) groups excluding carboxylic acids is 1. The summed E-state index contributed by atoms with van der Waals surface area (Å²) in [5.41, 5.74) is 0.328. The number of halogens is 1. The van der Waals surface area contributed by atoms with E-state index >= 15 is 0 Å². The molecular formula is C12H21ClN4O3S. The van der Waals surface area contributed by atoms with Crippen LogP contribution in [-0.2, 0) is 17.1 Å². The smallest absolute Gasteiger partial charge is 0.267 e. The lowest BCUT2D eigenvalue weighted by Crippen LogP contribution is -2.51. The molecule has 1 aromatic rings. The number of nitrogens with one attached hydrogen (secondary N) is 2. The van der Waals surface area contributed by atoms with Gasteiger partial charge in [0.1, 0.15) is 10.6 Å². The van der Waals surface area contributed by atoms with E-state index in [4.69, 9.17) is 0 Å². The Morgan fingerprint density at radius 1 is 1.48 bits per heavy atom. The molecule has 2 N–H and O–H groups in total. The number of sulfonamides is 1. The second kappa shape index (κ2) is 6.78. The highest BCUT2D eigenvalue weighted by molar-refractivity contribution is 7.89. The van der Waals surface area contributed by atoms with Crippen LogP contribution < -0.4 is 10.6 Å². The first-order valence-electron chi connectivity index (χ1n) is 6.48. The molecule has 9 heteroatoms. The highest BCUT2D eigenvalue weighted by Gasteiger charge is 2.30. The summed E-state index contributed by atoms with van der Waals surface area (Å²) in [6.07, 6.45) is 1.48. The lowest BCUT2D eigenvalue weighted by atomic mass is 10.3. The van der Waals surface area contributed by atoms with Gasteiger partial charge in [0.2, 0.25) is 10.0 Å². The van der Waals surface area contributed by atoms with Gasteiger partial charge in [-0.05, 0) is 13.0 Å². The maximum atomic E-state index is 12.6. The first-order valence-corrected chi connectivity index (χ1v) is 7.92. The molecule has 0 aromatic carbocycles. The molecule has 1 atom stereocenters. The van der Waals surface area contributed by atoms with E-state index in [0.717, 1.165) is 0 Å². The van der Waals surface area contributed by atoms with Crippen LogP contribution >= 0.6 is 12.4 Å². The van der Waals surface area contributed by atoms with Crippen molar-refractivity contribution in [2.75, 3.05) is 26.7 Å². The van der Waals surface area contributed by atoms with Gasteiger partial charge in [-0.3, -0.25) is 4.79 Å². The van der Waals surface area contributed by atoms with Gasteiger partial charge in [-0.25, -0.2) is 8.42 Å². The van der Waals surface area contributed by atoms with E-state index < -0.39 is 10.0 Å². The minimum Gasteiger partial charge on any atom is -0.354 e. The van der Waals surface area contributed by atoms with Gasteiger partial charge in [-0.15, -0.1) is 12.4 Å². The topological polar surface area (TPSA) is 83.4 Å². The summed E-state index contributed by atoms with van der Waals surface area (Å²) in [6.45, 7) is 3.46. The van der Waals surface area contributed by atoms with E-state index in [2.05, 4.69) is 10.6 Å². The zero-order chi connectivity index (χ0) is 14.9. The summed E-state index contributed by atoms with van der Waals surface area (Å²) >= 11 is 0. The first-order chi connectivity index (χ1) is 9.36. The summed E-state index contributed by atoms with van der Waals surface area (Å²) in [5.74, 6) is -0.303. The minimum atomic E-state index is -3.55. The van der Waals surface area contributed by atoms with Crippen LogP contribution in [0.4, 0.5) is 0 Å². The van der Waals surface area contributed by atoms with Crippen LogP contribution in [0.5, 0.6) is 0 Å². The third-order valence-corrected chi connectivity index (χ3v) is 5.24. The molecule has 1 aromatic heterocycles. The van der Waals surface area contributed by atoms with E-state index in [0.29, 0.717) is 25.3 Å². The van der Waals surface area contributed by atoms with Gasteiger partial charge in [0.05, 0.1) is 0 Å². The third kappa shape index (κ3) is 3.57. The molecule has 1 aliphatic heterocycles. The fraction of sp³-hybridized carbons (Fsp3) is 0.583. The lowest BCUT2D eigenvalue weighted by Gasteiger charge is -2.30. The zero-order valence-corrected chi connectivity index (χ0v) is 13.9. The monoisotopic (exact) mass is 336 g/mol. The van der Waals surface area contributed by atoms with Gasteiger partial charge >= 0.3 is 0 Å². The number of piperazine rings is 1. The molecule has 0 saturated carbocycles. The zero-order valence-electron chi connectivity index (χ0n) is 12.3. The van der Waals surface area contributed by atoms with Crippen LogP contribution in [0.25, 0.3) is 0 Å². The van der Waals surface area contributed by atoms with Crippen molar-refractivity contribution in [1.82, 2.24) is 19.5 Å². The van der Waals surface area contributed by atoms with Gasteiger partial charge < -0.3 is 15.2 Å². The molecule has 0 bridgehead atoms. The normalized spacial score (nSPS) is 19.9. The molecule has 1 saturated heterocycles. The highest BCUT2D eigenvalue weighted by Crippen LogP contribution is 2.19. The predicted molar refractivity (Wildman–Crippen MR) is 82.3 cm³/mol. The van der Waals surface area contributed by atoms with E-state index in [1.807, 2.05) is 6.92 Å². The average molecular weight is 337 g/mol. The van der Waals surface area contributed by atoms with E-state index in [9.17, 15) is 13.2 Å². The standard InChI is InChI=1S/C12H20N4O3S.ClH/c1-9-7-16(5-4-14-9)20(18,19)10-6-11(12(17)13-2)15(3)8-10;/h6,8-9,14H,4-5,7H2,1-3H3,(H,13,17);1H/t9-;/m0./s1. The van der Waals surface area contributed by atoms with Crippen molar-refractivity contribution in [3.8, 4) is 0 Å². The Labute approximate surface area is 131 Å². The molecule has 7 nitrogen and oxygen atoms in total. The second-order valence-corrected chi connectivity index (χ2v) is 6.91. The van der Waals surface area contributed by atoms with E-state index in [-0.39, 0.29) is 29.3 Å². The molecule has 0 spiro atoms. The molecule has 21 heavy (non-hydrogen) atoms. The fourth-order valence-corrected chi connectivity index (χ4v) is 3.89. The molecule has 120 valence electrons. The SMILES string of the molecule is CNC(=O)c1cc(S(=O)(=O)N2CCN[C@@H](C)C2)cn1C.Cl. The molecule has 0 radical (unpaired) electrons. The van der Waals surface area contributed by atoms with Crippen molar-refractivity contribution in [2.45, 2.75) is 17.9 Å². The molecule has 0 aliphatic carbocycles. The van der Waals surface area contributed by atoms with Crippen molar-refractivity contribution in [2.24, 2.45) is 7.05 Å². The summed E-state index contributed by atoms with van der Waals surface area (Å²) < 4.78 is 28.1. The Bertz CT molecular complexity index is 614. The largest absolute Gasteiger partial charge is 0.354 e. The van der Waals surface area contributed by atoms with Gasteiger partial charge in [0.25, 0.3) is 5.91 Å². The van der Waals surface area contributed by atoms with Crippen LogP contribution in [0.1, 0.15) is 17.4 Å². The minimum absolute atomic E-state index is 0. The number of amides is 1. The molecule has 1 aliphatic rings. The Kier molecular flexibility index (Phi) is 5.80. The number of carbonyl (C=O) groups is 1. The molecule has 1 fully saturated rings. The number of hydrogen-bond acceptors (Lipinski definition) is 4. The highest BCUT2D eigenvalue weighted by atomic mass is 35.5. The van der Waals surface area contributed by atoms with Crippen LogP contribution in [0.15, 0.2) is 17.2 Å². The number of aromatic nitrogens is 1. The molecule has 2 rings (SSSR count). The van der Waals surface area contributed by atoms with Gasteiger partial charge in [0, 0.05) is 46.0 Å². The number of hydrogen-bond donors (Lipinski definition) is 2. The van der Waals surface area contributed by atoms with Crippen molar-refractivity contribution < 1.29 is 13.2 Å². The van der Waals surface area contributed by atoms with Crippen molar-refractivity contribution in [3.63, 3.8) is 0 Å². The van der Waals surface area contributed by atoms with Crippen LogP contribution in [0.3, 0.4) is 0 Å². The maximum absolute atomic E-state index is 12.6. The van der Waals surface area contributed by atoms with Crippen LogP contribution in [0, 0.1) is 0 Å². The summed E-state index contributed by atoms with van der Waals surface area (Å²) in [4.78, 5) is 11.8. The summed E-state index contributed by atoms with van der Waals surface area (Å²) in [6, 6.07) is 1.54. The maximum Gasteiger partial charge on any atom is 0.267 e. The Balaban J connectivity index is 0.00000220. The quantitative estimate of drug-likeness (QED) is 0.800. The van der Waals surface area contributed by atoms with E-state index in [1.54, 1.807) is 7.05 Å². The summed E-state index contributed by atoms with van der Waals surface area (Å²) in [5, 5.41) is 5.70. The Morgan fingerprint density at radius 2 is 2.14 bits per heavy atom.